The van der Waals surface area contributed by atoms with Gasteiger partial charge in [-0.25, -0.2) is 9.59 Å². The zero-order chi connectivity index (χ0) is 23.0. The molecule has 31 heavy (non-hydrogen) atoms. The van der Waals surface area contributed by atoms with E-state index in [4.69, 9.17) is 0 Å². The fourth-order valence-electron chi connectivity index (χ4n) is 3.35. The fraction of sp³-hybridized carbons (Fsp3) is 0.250. The Kier molecular flexibility index (Phi) is 6.10. The number of alkyl halides is 3. The average molecular weight is 501 g/mol. The first-order valence-electron chi connectivity index (χ1n) is 8.84. The van der Waals surface area contributed by atoms with Crippen LogP contribution in [0.25, 0.3) is 0 Å². The number of carbonyl (C=O) groups excluding carboxylic acids is 3. The van der Waals surface area contributed by atoms with Crippen LogP contribution in [0.5, 0.6) is 0 Å². The predicted molar refractivity (Wildman–Crippen MR) is 105 cm³/mol. The van der Waals surface area contributed by atoms with Gasteiger partial charge in [0, 0.05) is 10.0 Å². The van der Waals surface area contributed by atoms with E-state index in [-0.39, 0.29) is 16.7 Å². The number of hydrogen-bond acceptors (Lipinski definition) is 5. The van der Waals surface area contributed by atoms with Crippen molar-refractivity contribution in [1.82, 2.24) is 10.6 Å². The highest BCUT2D eigenvalue weighted by Crippen LogP contribution is 2.44. The van der Waals surface area contributed by atoms with Gasteiger partial charge in [0.2, 0.25) is 5.72 Å². The highest BCUT2D eigenvalue weighted by atomic mass is 79.9. The lowest BCUT2D eigenvalue weighted by Crippen LogP contribution is -2.72. The second kappa shape index (κ2) is 8.31. The molecule has 0 bridgehead atoms. The lowest BCUT2D eigenvalue weighted by atomic mass is 9.77. The number of methoxy groups -OCH3 is 1. The maximum Gasteiger partial charge on any atom is 0.437 e. The molecule has 0 spiro atoms. The summed E-state index contributed by atoms with van der Waals surface area (Å²) < 4.78 is 46.8. The number of halogens is 4. The maximum atomic E-state index is 13.9. The Morgan fingerprint density at radius 2 is 1.61 bits per heavy atom. The lowest BCUT2D eigenvalue weighted by molar-refractivity contribution is -0.287. The second-order valence-electron chi connectivity index (χ2n) is 6.80. The van der Waals surface area contributed by atoms with Gasteiger partial charge < -0.3 is 20.5 Å². The molecule has 1 aliphatic rings. The molecule has 11 heteroatoms. The number of amides is 2. The van der Waals surface area contributed by atoms with E-state index in [1.807, 2.05) is 0 Å². The predicted octanol–water partition coefficient (Wildman–Crippen LogP) is 3.34. The number of nitrogens with one attached hydrogen (secondary N) is 2. The minimum atomic E-state index is -5.36. The molecule has 1 aliphatic heterocycles. The Morgan fingerprint density at radius 1 is 1.06 bits per heavy atom. The van der Waals surface area contributed by atoms with Crippen LogP contribution in [0.3, 0.4) is 0 Å². The van der Waals surface area contributed by atoms with Gasteiger partial charge in [-0.05, 0) is 29.8 Å². The SMILES string of the molecule is COC(=O)c1ccc(C2NC(=O)NC(O)(C(F)(F)F)C2C(=O)c2ccc(Br)cc2)cc1. The summed E-state index contributed by atoms with van der Waals surface area (Å²) in [6.07, 6.45) is -5.36. The van der Waals surface area contributed by atoms with E-state index in [2.05, 4.69) is 26.0 Å². The van der Waals surface area contributed by atoms with Gasteiger partial charge in [0.05, 0.1) is 18.7 Å². The van der Waals surface area contributed by atoms with E-state index in [0.29, 0.717) is 4.47 Å². The Balaban J connectivity index is 2.12. The van der Waals surface area contributed by atoms with Crippen LogP contribution in [0.2, 0.25) is 0 Å². The summed E-state index contributed by atoms with van der Waals surface area (Å²) in [6, 6.07) is 7.82. The van der Waals surface area contributed by atoms with Crippen molar-refractivity contribution >= 4 is 33.7 Å². The van der Waals surface area contributed by atoms with Gasteiger partial charge >= 0.3 is 18.2 Å². The van der Waals surface area contributed by atoms with Crippen molar-refractivity contribution in [2.45, 2.75) is 17.9 Å². The van der Waals surface area contributed by atoms with E-state index >= 15 is 0 Å². The normalized spacial score (nSPS) is 23.5. The van der Waals surface area contributed by atoms with E-state index in [0.717, 1.165) is 0 Å². The molecule has 3 N–H and O–H groups in total. The van der Waals surface area contributed by atoms with E-state index in [1.54, 1.807) is 0 Å². The summed E-state index contributed by atoms with van der Waals surface area (Å²) in [4.78, 5) is 36.8. The molecule has 3 unspecified atom stereocenters. The number of hydrogen-bond donors (Lipinski definition) is 3. The maximum absolute atomic E-state index is 13.9. The van der Waals surface area contributed by atoms with Gasteiger partial charge in [0.1, 0.15) is 5.92 Å². The third-order valence-corrected chi connectivity index (χ3v) is 5.44. The number of aliphatic hydroxyl groups is 1. The highest BCUT2D eigenvalue weighted by Gasteiger charge is 2.66. The van der Waals surface area contributed by atoms with Crippen molar-refractivity contribution in [2.24, 2.45) is 5.92 Å². The minimum absolute atomic E-state index is 0.0839. The van der Waals surface area contributed by atoms with Crippen molar-refractivity contribution < 1.29 is 37.4 Å². The standard InChI is InChI=1S/C20H16BrF3N2O5/c1-31-17(28)12-4-2-10(3-5-12)15-14(16(27)11-6-8-13(21)9-7-11)19(30,20(22,23)24)26-18(29)25-15/h2-9,14-15,30H,1H3,(H2,25,26,29). The Labute approximate surface area is 182 Å². The smallest absolute Gasteiger partial charge is 0.437 e. The molecule has 1 saturated heterocycles. The van der Waals surface area contributed by atoms with Gasteiger partial charge in [0.15, 0.2) is 5.78 Å². The minimum Gasteiger partial charge on any atom is -0.465 e. The van der Waals surface area contributed by atoms with Crippen molar-refractivity contribution in [2.75, 3.05) is 7.11 Å². The molecule has 164 valence electrons. The van der Waals surface area contributed by atoms with Crippen molar-refractivity contribution in [1.29, 1.82) is 0 Å². The number of esters is 1. The monoisotopic (exact) mass is 500 g/mol. The van der Waals surface area contributed by atoms with Crippen LogP contribution in [0.4, 0.5) is 18.0 Å². The van der Waals surface area contributed by atoms with Gasteiger partial charge in [-0.2, -0.15) is 13.2 Å². The molecule has 3 rings (SSSR count). The lowest BCUT2D eigenvalue weighted by Gasteiger charge is -2.45. The summed E-state index contributed by atoms with van der Waals surface area (Å²) in [5.41, 5.74) is -3.72. The third kappa shape index (κ3) is 4.28. The quantitative estimate of drug-likeness (QED) is 0.441. The fourth-order valence-corrected chi connectivity index (χ4v) is 3.62. The number of benzene rings is 2. The first kappa shape index (κ1) is 22.8. The van der Waals surface area contributed by atoms with Crippen LogP contribution in [0.1, 0.15) is 32.3 Å². The van der Waals surface area contributed by atoms with E-state index < -0.39 is 41.6 Å². The summed E-state index contributed by atoms with van der Waals surface area (Å²) in [5, 5.41) is 14.3. The second-order valence-corrected chi connectivity index (χ2v) is 7.72. The summed E-state index contributed by atoms with van der Waals surface area (Å²) in [5.74, 6) is -3.87. The van der Waals surface area contributed by atoms with Crippen LogP contribution in [-0.2, 0) is 4.74 Å². The summed E-state index contributed by atoms with van der Waals surface area (Å²) in [6.45, 7) is 0. The molecule has 1 heterocycles. The molecular formula is C20H16BrF3N2O5. The van der Waals surface area contributed by atoms with Gasteiger partial charge in [0.25, 0.3) is 0 Å². The molecule has 0 radical (unpaired) electrons. The van der Waals surface area contributed by atoms with E-state index in [1.165, 1.54) is 61.0 Å². The van der Waals surface area contributed by atoms with Crippen LogP contribution >= 0.6 is 15.9 Å². The van der Waals surface area contributed by atoms with Crippen LogP contribution < -0.4 is 10.6 Å². The number of ketones is 1. The zero-order valence-corrected chi connectivity index (χ0v) is 17.5. The van der Waals surface area contributed by atoms with Crippen molar-refractivity contribution in [3.05, 3.63) is 69.7 Å². The van der Waals surface area contributed by atoms with Gasteiger partial charge in [-0.15, -0.1) is 0 Å². The number of Topliss-reactive ketones (excluding diaryl/α,β-unsaturated/α-hetero) is 1. The first-order valence-corrected chi connectivity index (χ1v) is 9.63. The van der Waals surface area contributed by atoms with E-state index in [9.17, 15) is 32.7 Å². The third-order valence-electron chi connectivity index (χ3n) is 4.91. The molecule has 3 atom stereocenters. The van der Waals surface area contributed by atoms with Crippen LogP contribution in [0, 0.1) is 5.92 Å². The Morgan fingerprint density at radius 3 is 2.13 bits per heavy atom. The molecular weight excluding hydrogens is 485 g/mol. The van der Waals surface area contributed by atoms with Gasteiger partial charge in [-0.1, -0.05) is 40.2 Å². The van der Waals surface area contributed by atoms with Crippen LogP contribution in [0.15, 0.2) is 53.0 Å². The molecule has 2 aromatic carbocycles. The first-order chi connectivity index (χ1) is 14.5. The molecule has 2 amide bonds. The largest absolute Gasteiger partial charge is 0.465 e. The zero-order valence-electron chi connectivity index (χ0n) is 15.9. The molecule has 1 fully saturated rings. The highest BCUT2D eigenvalue weighted by molar-refractivity contribution is 9.10. The summed E-state index contributed by atoms with van der Waals surface area (Å²) in [7, 11) is 1.17. The van der Waals surface area contributed by atoms with Crippen molar-refractivity contribution in [3.63, 3.8) is 0 Å². The number of rotatable bonds is 4. The Bertz CT molecular complexity index is 1010. The van der Waals surface area contributed by atoms with Crippen LogP contribution in [-0.4, -0.2) is 41.9 Å². The molecule has 0 aromatic heterocycles. The summed E-state index contributed by atoms with van der Waals surface area (Å²) >= 11 is 3.18. The number of urea groups is 1. The van der Waals surface area contributed by atoms with Crippen molar-refractivity contribution in [3.8, 4) is 0 Å². The van der Waals surface area contributed by atoms with Gasteiger partial charge in [-0.3, -0.25) is 4.79 Å². The molecule has 2 aromatic rings. The molecule has 7 nitrogen and oxygen atoms in total. The number of carbonyl (C=O) groups is 3. The average Bonchev–Trinajstić information content (AvgIpc) is 2.72. The topological polar surface area (TPSA) is 105 Å². The Hall–Kier alpha value is -2.92. The molecule has 0 saturated carbocycles. The molecule has 0 aliphatic carbocycles. The number of ether oxygens (including phenoxy) is 1.